The number of halogens is 1. The molecule has 4 amide bonds. The number of hydrogen-bond acceptors (Lipinski definition) is 6. The van der Waals surface area contributed by atoms with E-state index in [-0.39, 0.29) is 47.3 Å². The van der Waals surface area contributed by atoms with Crippen LogP contribution in [-0.2, 0) is 14.3 Å². The maximum atomic E-state index is 13.9. The van der Waals surface area contributed by atoms with Gasteiger partial charge in [0.2, 0.25) is 17.8 Å². The van der Waals surface area contributed by atoms with Gasteiger partial charge in [-0.2, -0.15) is 4.39 Å². The number of rotatable bonds is 5. The second kappa shape index (κ2) is 9.25. The summed E-state index contributed by atoms with van der Waals surface area (Å²) >= 11 is 0. The molecule has 2 unspecified atom stereocenters. The lowest BCUT2D eigenvalue weighted by atomic mass is 9.83. The lowest BCUT2D eigenvalue weighted by Crippen LogP contribution is -2.59. The molecular formula is C26H34FN5O5. The van der Waals surface area contributed by atoms with Crippen LogP contribution in [0.1, 0.15) is 69.7 Å². The fourth-order valence-corrected chi connectivity index (χ4v) is 6.51. The third-order valence-electron chi connectivity index (χ3n) is 8.07. The van der Waals surface area contributed by atoms with Gasteiger partial charge in [0.25, 0.3) is 5.91 Å². The summed E-state index contributed by atoms with van der Waals surface area (Å²) in [5.41, 5.74) is 5.11. The molecule has 1 aliphatic carbocycles. The maximum absolute atomic E-state index is 13.9. The predicted octanol–water partition coefficient (Wildman–Crippen LogP) is 1.97. The van der Waals surface area contributed by atoms with E-state index in [4.69, 9.17) is 10.5 Å². The molecule has 2 bridgehead atoms. The van der Waals surface area contributed by atoms with Gasteiger partial charge in [-0.15, -0.1) is 0 Å². The number of nitrogens with zero attached hydrogens (tertiary/aromatic N) is 3. The van der Waals surface area contributed by atoms with Crippen molar-refractivity contribution in [1.82, 2.24) is 20.1 Å². The zero-order chi connectivity index (χ0) is 26.6. The molecule has 6 atom stereocenters. The second-order valence-corrected chi connectivity index (χ2v) is 11.8. The lowest BCUT2D eigenvalue weighted by Gasteiger charge is -2.42. The molecule has 10 nitrogen and oxygen atoms in total. The van der Waals surface area contributed by atoms with Gasteiger partial charge in [0, 0.05) is 36.0 Å². The molecule has 1 saturated carbocycles. The molecule has 0 radical (unpaired) electrons. The van der Waals surface area contributed by atoms with Gasteiger partial charge in [0.15, 0.2) is 0 Å². The van der Waals surface area contributed by atoms with Crippen molar-refractivity contribution >= 4 is 23.8 Å². The zero-order valence-corrected chi connectivity index (χ0v) is 21.4. The summed E-state index contributed by atoms with van der Waals surface area (Å²) in [7, 11) is 0. The van der Waals surface area contributed by atoms with Gasteiger partial charge in [0.05, 0.1) is 0 Å². The Morgan fingerprint density at radius 2 is 1.78 bits per heavy atom. The monoisotopic (exact) mass is 515 g/mol. The van der Waals surface area contributed by atoms with Crippen LogP contribution in [0.5, 0.6) is 0 Å². The number of alkyl carbamates (subject to hydrolysis) is 1. The first-order valence-electron chi connectivity index (χ1n) is 13.0. The highest BCUT2D eigenvalue weighted by Crippen LogP contribution is 2.49. The van der Waals surface area contributed by atoms with E-state index >= 15 is 0 Å². The van der Waals surface area contributed by atoms with E-state index in [2.05, 4.69) is 10.3 Å². The number of aromatic nitrogens is 1. The Hall–Kier alpha value is -3.24. The van der Waals surface area contributed by atoms with Crippen molar-refractivity contribution < 1.29 is 28.3 Å². The first kappa shape index (κ1) is 25.4. The van der Waals surface area contributed by atoms with Gasteiger partial charge in [-0.05, 0) is 77.2 Å². The molecule has 4 heterocycles. The van der Waals surface area contributed by atoms with Crippen LogP contribution in [0.3, 0.4) is 0 Å². The number of nitrogens with two attached hydrogens (primary N) is 1. The first-order chi connectivity index (χ1) is 17.4. The normalized spacial score (nSPS) is 30.9. The summed E-state index contributed by atoms with van der Waals surface area (Å²) in [4.78, 5) is 59.0. The molecule has 1 aromatic heterocycles. The summed E-state index contributed by atoms with van der Waals surface area (Å²) in [5.74, 6) is -1.83. The highest BCUT2D eigenvalue weighted by Gasteiger charge is 2.58. The van der Waals surface area contributed by atoms with E-state index in [0.29, 0.717) is 19.3 Å². The van der Waals surface area contributed by atoms with Gasteiger partial charge in [-0.1, -0.05) is 0 Å². The van der Waals surface area contributed by atoms with E-state index in [1.54, 1.807) is 30.6 Å². The number of likely N-dealkylation sites (tertiary alicyclic amines) is 1. The predicted molar refractivity (Wildman–Crippen MR) is 129 cm³/mol. The number of hydrogen-bond donors (Lipinski definition) is 2. The third kappa shape index (κ3) is 5.00. The minimum absolute atomic E-state index is 0.0343. The largest absolute Gasteiger partial charge is 0.444 e. The lowest BCUT2D eigenvalue weighted by molar-refractivity contribution is -0.142. The molecule has 200 valence electrons. The van der Waals surface area contributed by atoms with Gasteiger partial charge in [-0.3, -0.25) is 14.4 Å². The summed E-state index contributed by atoms with van der Waals surface area (Å²) in [6.45, 7) is 5.23. The standard InChI is InChI=1S/C26H34FN5O5/c1-26(2,3)37-25(36)30-21(24(35)32-18-10-14(18)11-19(32)22(28)33)15-8-16-4-5-17(9-15)31(16)23(34)13-6-7-29-20(27)12-13/h6-7,12,14-19,21H,4-5,8-11H2,1-3H3,(H2,28,33)(H,30,36)/t14-,15?,16?,17?,18-,19-,21-/m0/s1. The van der Waals surface area contributed by atoms with E-state index in [1.807, 2.05) is 0 Å². The van der Waals surface area contributed by atoms with Gasteiger partial charge >= 0.3 is 6.09 Å². The number of amides is 4. The number of carbonyl (C=O) groups is 4. The van der Waals surface area contributed by atoms with Crippen LogP contribution in [0.2, 0.25) is 0 Å². The van der Waals surface area contributed by atoms with Crippen LogP contribution in [0.25, 0.3) is 0 Å². The number of ether oxygens (including phenoxy) is 1. The zero-order valence-electron chi connectivity index (χ0n) is 21.4. The summed E-state index contributed by atoms with van der Waals surface area (Å²) in [6, 6.07) is 0.705. The van der Waals surface area contributed by atoms with Crippen LogP contribution in [0.4, 0.5) is 9.18 Å². The Labute approximate surface area is 215 Å². The van der Waals surface area contributed by atoms with Crippen LogP contribution < -0.4 is 11.1 Å². The molecule has 4 aliphatic rings. The van der Waals surface area contributed by atoms with Gasteiger partial charge < -0.3 is 25.6 Å². The molecule has 0 aromatic carbocycles. The van der Waals surface area contributed by atoms with Crippen molar-refractivity contribution in [3.8, 4) is 0 Å². The SMILES string of the molecule is CC(C)(C)OC(=O)N[C@H](C(=O)N1[C@H](C(N)=O)C[C@@H]2C[C@@H]21)C1CC2CCC(C1)N2C(=O)c1ccnc(F)c1. The van der Waals surface area contributed by atoms with E-state index in [9.17, 15) is 23.6 Å². The third-order valence-corrected chi connectivity index (χ3v) is 8.07. The quantitative estimate of drug-likeness (QED) is 0.576. The van der Waals surface area contributed by atoms with Crippen LogP contribution >= 0.6 is 0 Å². The van der Waals surface area contributed by atoms with E-state index in [0.717, 1.165) is 25.3 Å². The van der Waals surface area contributed by atoms with Crippen molar-refractivity contribution in [3.05, 3.63) is 29.8 Å². The number of primary amides is 1. The highest BCUT2D eigenvalue weighted by molar-refractivity contribution is 5.95. The summed E-state index contributed by atoms with van der Waals surface area (Å²) < 4.78 is 19.1. The van der Waals surface area contributed by atoms with Crippen LogP contribution in [0, 0.1) is 17.8 Å². The number of piperidine rings is 2. The molecular weight excluding hydrogens is 481 g/mol. The minimum atomic E-state index is -0.908. The Bertz CT molecular complexity index is 1110. The maximum Gasteiger partial charge on any atom is 0.408 e. The Morgan fingerprint density at radius 1 is 1.11 bits per heavy atom. The van der Waals surface area contributed by atoms with Crippen molar-refractivity contribution in [2.45, 2.75) is 95.1 Å². The van der Waals surface area contributed by atoms with Crippen molar-refractivity contribution in [2.24, 2.45) is 17.6 Å². The molecule has 3 N–H and O–H groups in total. The Balaban J connectivity index is 1.37. The molecule has 5 rings (SSSR count). The Kier molecular flexibility index (Phi) is 6.35. The fraction of sp³-hybridized carbons (Fsp3) is 0.654. The number of carbonyl (C=O) groups excluding carboxylic acids is 4. The van der Waals surface area contributed by atoms with E-state index < -0.39 is 35.6 Å². The van der Waals surface area contributed by atoms with Gasteiger partial charge in [0.1, 0.15) is 17.7 Å². The highest BCUT2D eigenvalue weighted by atomic mass is 19.1. The summed E-state index contributed by atoms with van der Waals surface area (Å²) in [6.07, 6.45) is 4.44. The number of fused-ring (bicyclic) bond motifs is 3. The average Bonchev–Trinajstić information content (AvgIpc) is 3.39. The summed E-state index contributed by atoms with van der Waals surface area (Å²) in [5, 5.41) is 2.80. The minimum Gasteiger partial charge on any atom is -0.444 e. The van der Waals surface area contributed by atoms with Crippen LogP contribution in [0.15, 0.2) is 18.3 Å². The molecule has 4 fully saturated rings. The topological polar surface area (TPSA) is 135 Å². The molecule has 11 heteroatoms. The van der Waals surface area contributed by atoms with E-state index in [1.165, 1.54) is 12.3 Å². The number of nitrogens with one attached hydrogen (secondary N) is 1. The molecule has 0 spiro atoms. The van der Waals surface area contributed by atoms with Crippen LogP contribution in [-0.4, -0.2) is 74.4 Å². The molecule has 1 aromatic rings. The molecule has 37 heavy (non-hydrogen) atoms. The van der Waals surface area contributed by atoms with Crippen molar-refractivity contribution in [3.63, 3.8) is 0 Å². The fourth-order valence-electron chi connectivity index (χ4n) is 6.51. The molecule has 3 aliphatic heterocycles. The van der Waals surface area contributed by atoms with Crippen molar-refractivity contribution in [1.29, 1.82) is 0 Å². The number of pyridine rings is 1. The smallest absolute Gasteiger partial charge is 0.408 e. The molecule has 3 saturated heterocycles. The first-order valence-corrected chi connectivity index (χ1v) is 13.0. The van der Waals surface area contributed by atoms with Gasteiger partial charge in [-0.25, -0.2) is 9.78 Å². The van der Waals surface area contributed by atoms with Crippen molar-refractivity contribution in [2.75, 3.05) is 0 Å². The Morgan fingerprint density at radius 3 is 2.38 bits per heavy atom. The average molecular weight is 516 g/mol. The second-order valence-electron chi connectivity index (χ2n) is 11.8.